The summed E-state index contributed by atoms with van der Waals surface area (Å²) in [4.78, 5) is 15.1. The molecule has 4 nitrogen and oxygen atoms in total. The molecule has 4 heteroatoms. The molecule has 2 rings (SSSR count). The highest BCUT2D eigenvalue weighted by atomic mass is 16.5. The van der Waals surface area contributed by atoms with Gasteiger partial charge in [0.05, 0.1) is 5.69 Å². The van der Waals surface area contributed by atoms with E-state index in [9.17, 15) is 4.79 Å². The average molecular weight is 295 g/mol. The fourth-order valence-corrected chi connectivity index (χ4v) is 2.09. The number of ether oxygens (including phenoxy) is 1. The van der Waals surface area contributed by atoms with Crippen molar-refractivity contribution in [1.29, 1.82) is 0 Å². The summed E-state index contributed by atoms with van der Waals surface area (Å²) < 4.78 is 5.69. The molecule has 0 amide bonds. The zero-order chi connectivity index (χ0) is 16.1. The van der Waals surface area contributed by atoms with E-state index < -0.39 is 5.97 Å². The van der Waals surface area contributed by atoms with Crippen LogP contribution < -0.4 is 4.74 Å². The SMILES string of the molecule is C=Cc1ccc(OCc2cc(C)cc(C(=O)O)n2)cc1C=C. The van der Waals surface area contributed by atoms with E-state index in [0.717, 1.165) is 16.7 Å². The van der Waals surface area contributed by atoms with E-state index in [1.807, 2.05) is 25.1 Å². The number of carbonyl (C=O) groups is 1. The van der Waals surface area contributed by atoms with Gasteiger partial charge in [-0.05, 0) is 47.9 Å². The highest BCUT2D eigenvalue weighted by Crippen LogP contribution is 2.21. The van der Waals surface area contributed by atoms with Gasteiger partial charge in [-0.3, -0.25) is 0 Å². The fraction of sp³-hybridized carbons (Fsp3) is 0.111. The minimum Gasteiger partial charge on any atom is -0.487 e. The molecule has 1 heterocycles. The number of benzene rings is 1. The third-order valence-corrected chi connectivity index (χ3v) is 3.13. The molecule has 1 aromatic carbocycles. The molecule has 0 aliphatic heterocycles. The molecule has 0 bridgehead atoms. The van der Waals surface area contributed by atoms with Gasteiger partial charge in [-0.15, -0.1) is 0 Å². The number of nitrogens with zero attached hydrogens (tertiary/aromatic N) is 1. The van der Waals surface area contributed by atoms with Crippen LogP contribution in [0.25, 0.3) is 12.2 Å². The van der Waals surface area contributed by atoms with Crippen LogP contribution in [0.4, 0.5) is 0 Å². The summed E-state index contributed by atoms with van der Waals surface area (Å²) in [6.45, 7) is 9.53. The van der Waals surface area contributed by atoms with Gasteiger partial charge in [-0.1, -0.05) is 31.4 Å². The third kappa shape index (κ3) is 3.61. The van der Waals surface area contributed by atoms with Crippen LogP contribution in [0.15, 0.2) is 43.5 Å². The second kappa shape index (κ2) is 6.72. The third-order valence-electron chi connectivity index (χ3n) is 3.13. The minimum atomic E-state index is -1.05. The minimum absolute atomic E-state index is 0.0207. The Balaban J connectivity index is 2.18. The molecular formula is C18H17NO3. The van der Waals surface area contributed by atoms with Gasteiger partial charge < -0.3 is 9.84 Å². The second-order valence-corrected chi connectivity index (χ2v) is 4.81. The Labute approximate surface area is 129 Å². The topological polar surface area (TPSA) is 59.4 Å². The number of hydrogen-bond acceptors (Lipinski definition) is 3. The molecule has 0 aliphatic rings. The number of pyridine rings is 1. The van der Waals surface area contributed by atoms with E-state index in [4.69, 9.17) is 9.84 Å². The van der Waals surface area contributed by atoms with Gasteiger partial charge in [-0.25, -0.2) is 9.78 Å². The summed E-state index contributed by atoms with van der Waals surface area (Å²) in [6.07, 6.45) is 3.49. The molecule has 0 saturated carbocycles. The molecule has 0 fully saturated rings. The van der Waals surface area contributed by atoms with Gasteiger partial charge >= 0.3 is 5.97 Å². The molecule has 0 radical (unpaired) electrons. The largest absolute Gasteiger partial charge is 0.487 e. The highest BCUT2D eigenvalue weighted by molar-refractivity contribution is 5.85. The molecule has 112 valence electrons. The molecule has 1 aromatic heterocycles. The van der Waals surface area contributed by atoms with Gasteiger partial charge in [0, 0.05) is 0 Å². The van der Waals surface area contributed by atoms with Gasteiger partial charge in [0.25, 0.3) is 0 Å². The first-order valence-electron chi connectivity index (χ1n) is 6.76. The number of aryl methyl sites for hydroxylation is 1. The van der Waals surface area contributed by atoms with Crippen molar-refractivity contribution in [3.8, 4) is 5.75 Å². The Hall–Kier alpha value is -2.88. The summed E-state index contributed by atoms with van der Waals surface area (Å²) in [5.41, 5.74) is 3.33. The zero-order valence-corrected chi connectivity index (χ0v) is 12.4. The molecular weight excluding hydrogens is 278 g/mol. The monoisotopic (exact) mass is 295 g/mol. The number of carboxylic acid groups (broad SMARTS) is 1. The van der Waals surface area contributed by atoms with E-state index >= 15 is 0 Å². The first-order chi connectivity index (χ1) is 10.5. The number of aromatic carboxylic acids is 1. The van der Waals surface area contributed by atoms with Crippen LogP contribution in [0.1, 0.15) is 32.9 Å². The first-order valence-corrected chi connectivity index (χ1v) is 6.76. The summed E-state index contributed by atoms with van der Waals surface area (Å²) in [5.74, 6) is -0.380. The van der Waals surface area contributed by atoms with Crippen molar-refractivity contribution in [2.24, 2.45) is 0 Å². The van der Waals surface area contributed by atoms with Crippen LogP contribution in [-0.4, -0.2) is 16.1 Å². The van der Waals surface area contributed by atoms with Gasteiger partial charge in [0.2, 0.25) is 0 Å². The maximum atomic E-state index is 11.0. The van der Waals surface area contributed by atoms with Gasteiger partial charge in [0.15, 0.2) is 0 Å². The van der Waals surface area contributed by atoms with E-state index in [2.05, 4.69) is 18.1 Å². The van der Waals surface area contributed by atoms with Crippen molar-refractivity contribution in [3.05, 3.63) is 71.6 Å². The van der Waals surface area contributed by atoms with E-state index in [1.54, 1.807) is 18.2 Å². The molecule has 2 aromatic rings. The first kappa shape index (κ1) is 15.5. The average Bonchev–Trinajstić information content (AvgIpc) is 2.52. The molecule has 0 spiro atoms. The summed E-state index contributed by atoms with van der Waals surface area (Å²) in [5, 5.41) is 9.02. The predicted molar refractivity (Wildman–Crippen MR) is 86.9 cm³/mol. The Morgan fingerprint density at radius 2 is 1.95 bits per heavy atom. The number of hydrogen-bond donors (Lipinski definition) is 1. The number of rotatable bonds is 6. The smallest absolute Gasteiger partial charge is 0.354 e. The predicted octanol–water partition coefficient (Wildman–Crippen LogP) is 3.95. The Morgan fingerprint density at radius 1 is 1.23 bits per heavy atom. The lowest BCUT2D eigenvalue weighted by atomic mass is 10.1. The van der Waals surface area contributed by atoms with Crippen molar-refractivity contribution in [3.63, 3.8) is 0 Å². The Morgan fingerprint density at radius 3 is 2.59 bits per heavy atom. The summed E-state index contributed by atoms with van der Waals surface area (Å²) in [7, 11) is 0. The van der Waals surface area contributed by atoms with E-state index in [0.29, 0.717) is 11.4 Å². The standard InChI is InChI=1S/C18H17NO3/c1-4-13-6-7-16(10-14(13)5-2)22-11-15-8-12(3)9-17(19-15)18(20)21/h4-10H,1-2,11H2,3H3,(H,20,21). The molecule has 1 N–H and O–H groups in total. The number of aromatic nitrogens is 1. The van der Waals surface area contributed by atoms with Crippen molar-refractivity contribution < 1.29 is 14.6 Å². The van der Waals surface area contributed by atoms with Crippen molar-refractivity contribution in [2.75, 3.05) is 0 Å². The van der Waals surface area contributed by atoms with E-state index in [-0.39, 0.29) is 12.3 Å². The van der Waals surface area contributed by atoms with Crippen LogP contribution in [0.2, 0.25) is 0 Å². The lowest BCUT2D eigenvalue weighted by molar-refractivity contribution is 0.0689. The molecule has 0 atom stereocenters. The molecule has 0 aliphatic carbocycles. The lowest BCUT2D eigenvalue weighted by Gasteiger charge is -2.09. The van der Waals surface area contributed by atoms with Crippen LogP contribution in [0.3, 0.4) is 0 Å². The van der Waals surface area contributed by atoms with Crippen molar-refractivity contribution in [2.45, 2.75) is 13.5 Å². The second-order valence-electron chi connectivity index (χ2n) is 4.81. The lowest BCUT2D eigenvalue weighted by Crippen LogP contribution is -2.06. The molecule has 0 unspecified atom stereocenters. The fourth-order valence-electron chi connectivity index (χ4n) is 2.09. The zero-order valence-electron chi connectivity index (χ0n) is 12.4. The molecule has 22 heavy (non-hydrogen) atoms. The van der Waals surface area contributed by atoms with Crippen molar-refractivity contribution in [1.82, 2.24) is 4.98 Å². The quantitative estimate of drug-likeness (QED) is 0.876. The summed E-state index contributed by atoms with van der Waals surface area (Å²) in [6, 6.07) is 8.92. The molecule has 0 saturated heterocycles. The summed E-state index contributed by atoms with van der Waals surface area (Å²) >= 11 is 0. The van der Waals surface area contributed by atoms with Crippen LogP contribution >= 0.6 is 0 Å². The van der Waals surface area contributed by atoms with E-state index in [1.165, 1.54) is 6.07 Å². The maximum Gasteiger partial charge on any atom is 0.354 e. The Bertz CT molecular complexity index is 735. The highest BCUT2D eigenvalue weighted by Gasteiger charge is 2.08. The number of carboxylic acids is 1. The normalized spacial score (nSPS) is 10.0. The van der Waals surface area contributed by atoms with Gasteiger partial charge in [0.1, 0.15) is 18.1 Å². The van der Waals surface area contributed by atoms with Gasteiger partial charge in [-0.2, -0.15) is 0 Å². The Kier molecular flexibility index (Phi) is 4.73. The van der Waals surface area contributed by atoms with Crippen LogP contribution in [0.5, 0.6) is 5.75 Å². The van der Waals surface area contributed by atoms with Crippen molar-refractivity contribution >= 4 is 18.1 Å². The maximum absolute atomic E-state index is 11.0. The van der Waals surface area contributed by atoms with Crippen LogP contribution in [-0.2, 0) is 6.61 Å². The van der Waals surface area contributed by atoms with Crippen LogP contribution in [0, 0.1) is 6.92 Å².